The quantitative estimate of drug-likeness (QED) is 0.684. The van der Waals surface area contributed by atoms with E-state index in [1.807, 2.05) is 6.92 Å². The lowest BCUT2D eigenvalue weighted by atomic mass is 10.2. The molecule has 1 aliphatic carbocycles. The van der Waals surface area contributed by atoms with Crippen molar-refractivity contribution >= 4 is 5.97 Å². The fourth-order valence-electron chi connectivity index (χ4n) is 1.74. The maximum absolute atomic E-state index is 11.1. The van der Waals surface area contributed by atoms with E-state index in [0.717, 1.165) is 12.8 Å². The molecule has 0 aromatic heterocycles. The summed E-state index contributed by atoms with van der Waals surface area (Å²) in [7, 11) is 1.34. The van der Waals surface area contributed by atoms with Gasteiger partial charge in [0, 0.05) is 0 Å². The third-order valence-corrected chi connectivity index (χ3v) is 2.69. The molecule has 0 spiro atoms. The van der Waals surface area contributed by atoms with Gasteiger partial charge in [0.2, 0.25) is 0 Å². The molecular formula is C10H19NO3. The zero-order valence-corrected chi connectivity index (χ0v) is 8.86. The SMILES string of the molecule is COC(=O)[C@@H](N)C(C)OC1CCCC1. The molecule has 1 saturated carbocycles. The summed E-state index contributed by atoms with van der Waals surface area (Å²) in [4.78, 5) is 11.1. The van der Waals surface area contributed by atoms with Gasteiger partial charge < -0.3 is 15.2 Å². The zero-order valence-electron chi connectivity index (χ0n) is 8.86. The van der Waals surface area contributed by atoms with Crippen molar-refractivity contribution in [2.24, 2.45) is 5.73 Å². The van der Waals surface area contributed by atoms with Gasteiger partial charge in [-0.3, -0.25) is 4.79 Å². The lowest BCUT2D eigenvalue weighted by Crippen LogP contribution is -2.43. The van der Waals surface area contributed by atoms with Crippen LogP contribution in [0.1, 0.15) is 32.6 Å². The van der Waals surface area contributed by atoms with Crippen molar-refractivity contribution in [3.8, 4) is 0 Å². The summed E-state index contributed by atoms with van der Waals surface area (Å²) in [5.41, 5.74) is 5.65. The Morgan fingerprint density at radius 1 is 1.43 bits per heavy atom. The van der Waals surface area contributed by atoms with Gasteiger partial charge in [0.1, 0.15) is 6.04 Å². The Kier molecular flexibility index (Phi) is 4.35. The molecule has 1 unspecified atom stereocenters. The number of hydrogen-bond acceptors (Lipinski definition) is 4. The van der Waals surface area contributed by atoms with Gasteiger partial charge in [0.05, 0.1) is 19.3 Å². The lowest BCUT2D eigenvalue weighted by molar-refractivity contribution is -0.146. The standard InChI is InChI=1S/C10H19NO3/c1-7(9(11)10(12)13-2)14-8-5-3-4-6-8/h7-9H,3-6,11H2,1-2H3/t7?,9-/m0/s1. The molecule has 82 valence electrons. The summed E-state index contributed by atoms with van der Waals surface area (Å²) in [5.74, 6) is -0.407. The minimum absolute atomic E-state index is 0.259. The largest absolute Gasteiger partial charge is 0.468 e. The average molecular weight is 201 g/mol. The molecule has 4 heteroatoms. The summed E-state index contributed by atoms with van der Waals surface area (Å²) in [6.45, 7) is 1.82. The molecule has 0 amide bonds. The number of nitrogens with two attached hydrogens (primary N) is 1. The van der Waals surface area contributed by atoms with Gasteiger partial charge in [-0.25, -0.2) is 0 Å². The Morgan fingerprint density at radius 2 is 2.00 bits per heavy atom. The second kappa shape index (κ2) is 5.32. The number of ether oxygens (including phenoxy) is 2. The molecule has 0 saturated heterocycles. The van der Waals surface area contributed by atoms with E-state index in [1.54, 1.807) is 0 Å². The first kappa shape index (κ1) is 11.5. The van der Waals surface area contributed by atoms with E-state index >= 15 is 0 Å². The van der Waals surface area contributed by atoms with Crippen LogP contribution in [0.5, 0.6) is 0 Å². The fraction of sp³-hybridized carbons (Fsp3) is 0.900. The van der Waals surface area contributed by atoms with E-state index in [1.165, 1.54) is 20.0 Å². The molecule has 1 fully saturated rings. The Bertz CT molecular complexity index is 190. The van der Waals surface area contributed by atoms with Gasteiger partial charge in [0.15, 0.2) is 0 Å². The molecule has 1 rings (SSSR count). The van der Waals surface area contributed by atoms with Gasteiger partial charge in [-0.15, -0.1) is 0 Å². The monoisotopic (exact) mass is 201 g/mol. The van der Waals surface area contributed by atoms with Crippen LogP contribution in [0, 0.1) is 0 Å². The van der Waals surface area contributed by atoms with Gasteiger partial charge in [0.25, 0.3) is 0 Å². The third kappa shape index (κ3) is 2.96. The smallest absolute Gasteiger partial charge is 0.325 e. The van der Waals surface area contributed by atoms with Crippen LogP contribution in [-0.4, -0.2) is 31.3 Å². The fourth-order valence-corrected chi connectivity index (χ4v) is 1.74. The van der Waals surface area contributed by atoms with Crippen molar-refractivity contribution < 1.29 is 14.3 Å². The second-order valence-corrected chi connectivity index (χ2v) is 3.80. The topological polar surface area (TPSA) is 61.5 Å². The molecule has 0 radical (unpaired) electrons. The average Bonchev–Trinajstić information content (AvgIpc) is 2.68. The summed E-state index contributed by atoms with van der Waals surface area (Å²) in [5, 5.41) is 0. The molecule has 1 aliphatic rings. The van der Waals surface area contributed by atoms with Crippen molar-refractivity contribution in [3.05, 3.63) is 0 Å². The van der Waals surface area contributed by atoms with Crippen LogP contribution in [-0.2, 0) is 14.3 Å². The minimum atomic E-state index is -0.666. The highest BCUT2D eigenvalue weighted by Gasteiger charge is 2.26. The van der Waals surface area contributed by atoms with Crippen molar-refractivity contribution in [2.75, 3.05) is 7.11 Å². The molecule has 0 aromatic rings. The predicted molar refractivity (Wildman–Crippen MR) is 52.8 cm³/mol. The first-order valence-corrected chi connectivity index (χ1v) is 5.14. The molecule has 0 aliphatic heterocycles. The highest BCUT2D eigenvalue weighted by Crippen LogP contribution is 2.22. The van der Waals surface area contributed by atoms with E-state index in [2.05, 4.69) is 4.74 Å². The van der Waals surface area contributed by atoms with Crippen LogP contribution in [0.2, 0.25) is 0 Å². The Hall–Kier alpha value is -0.610. The summed E-state index contributed by atoms with van der Waals surface area (Å²) >= 11 is 0. The number of carbonyl (C=O) groups excluding carboxylic acids is 1. The van der Waals surface area contributed by atoms with Crippen molar-refractivity contribution in [3.63, 3.8) is 0 Å². The third-order valence-electron chi connectivity index (χ3n) is 2.69. The molecule has 2 atom stereocenters. The number of carbonyl (C=O) groups is 1. The molecular weight excluding hydrogens is 182 g/mol. The first-order valence-electron chi connectivity index (χ1n) is 5.14. The molecule has 4 nitrogen and oxygen atoms in total. The molecule has 0 aromatic carbocycles. The molecule has 0 bridgehead atoms. The minimum Gasteiger partial charge on any atom is -0.468 e. The van der Waals surface area contributed by atoms with Crippen LogP contribution < -0.4 is 5.73 Å². The summed E-state index contributed by atoms with van der Waals surface area (Å²) in [6, 6.07) is -0.666. The molecule has 0 heterocycles. The Morgan fingerprint density at radius 3 is 2.50 bits per heavy atom. The van der Waals surface area contributed by atoms with Crippen LogP contribution in [0.4, 0.5) is 0 Å². The van der Waals surface area contributed by atoms with Gasteiger partial charge in [-0.1, -0.05) is 12.8 Å². The maximum Gasteiger partial charge on any atom is 0.325 e. The summed E-state index contributed by atoms with van der Waals surface area (Å²) < 4.78 is 10.2. The normalized spacial score (nSPS) is 21.9. The highest BCUT2D eigenvalue weighted by molar-refractivity contribution is 5.75. The number of hydrogen-bond donors (Lipinski definition) is 1. The number of esters is 1. The van der Waals surface area contributed by atoms with Gasteiger partial charge >= 0.3 is 5.97 Å². The number of rotatable bonds is 4. The van der Waals surface area contributed by atoms with Crippen LogP contribution >= 0.6 is 0 Å². The van der Waals surface area contributed by atoms with Gasteiger partial charge in [-0.05, 0) is 19.8 Å². The predicted octanol–water partition coefficient (Wildman–Crippen LogP) is 0.834. The first-order chi connectivity index (χ1) is 6.65. The number of methoxy groups -OCH3 is 1. The van der Waals surface area contributed by atoms with Gasteiger partial charge in [-0.2, -0.15) is 0 Å². The Balaban J connectivity index is 2.32. The van der Waals surface area contributed by atoms with E-state index in [4.69, 9.17) is 10.5 Å². The van der Waals surface area contributed by atoms with E-state index < -0.39 is 12.0 Å². The Labute approximate surface area is 84.7 Å². The maximum atomic E-state index is 11.1. The highest BCUT2D eigenvalue weighted by atomic mass is 16.5. The molecule has 2 N–H and O–H groups in total. The lowest BCUT2D eigenvalue weighted by Gasteiger charge is -2.22. The van der Waals surface area contributed by atoms with E-state index in [-0.39, 0.29) is 12.2 Å². The van der Waals surface area contributed by atoms with E-state index in [9.17, 15) is 4.79 Å². The van der Waals surface area contributed by atoms with E-state index in [0.29, 0.717) is 0 Å². The second-order valence-electron chi connectivity index (χ2n) is 3.80. The summed E-state index contributed by atoms with van der Waals surface area (Å²) in [6.07, 6.45) is 4.61. The van der Waals surface area contributed by atoms with Crippen LogP contribution in [0.3, 0.4) is 0 Å². The zero-order chi connectivity index (χ0) is 10.6. The van der Waals surface area contributed by atoms with Crippen LogP contribution in [0.15, 0.2) is 0 Å². The van der Waals surface area contributed by atoms with Crippen molar-refractivity contribution in [1.82, 2.24) is 0 Å². The van der Waals surface area contributed by atoms with Crippen molar-refractivity contribution in [2.45, 2.75) is 50.9 Å². The van der Waals surface area contributed by atoms with Crippen molar-refractivity contribution in [1.29, 1.82) is 0 Å². The van der Waals surface area contributed by atoms with Crippen LogP contribution in [0.25, 0.3) is 0 Å². The molecule has 14 heavy (non-hydrogen) atoms.